The Hall–Kier alpha value is -3.22. The summed E-state index contributed by atoms with van der Waals surface area (Å²) in [7, 11) is 0. The molecule has 138 valence electrons. The van der Waals surface area contributed by atoms with Gasteiger partial charge in [-0.2, -0.15) is 0 Å². The molecule has 0 amide bonds. The van der Waals surface area contributed by atoms with Crippen LogP contribution in [0.15, 0.2) is 55.0 Å². The number of para-hydroxylation sites is 1. The van der Waals surface area contributed by atoms with Crippen LogP contribution >= 0.6 is 0 Å². The summed E-state index contributed by atoms with van der Waals surface area (Å²) >= 11 is 0. The van der Waals surface area contributed by atoms with Gasteiger partial charge in [0.25, 0.3) is 0 Å². The van der Waals surface area contributed by atoms with Crippen LogP contribution in [0.1, 0.15) is 48.0 Å². The molecule has 4 rings (SSSR count). The monoisotopic (exact) mass is 364 g/mol. The Morgan fingerprint density at radius 1 is 1.30 bits per heavy atom. The summed E-state index contributed by atoms with van der Waals surface area (Å²) in [6.07, 6.45) is 5.23. The zero-order valence-corrected chi connectivity index (χ0v) is 15.2. The number of hydrogen-bond donors (Lipinski definition) is 0. The fraction of sp³-hybridized carbons (Fsp3) is 0.300. The summed E-state index contributed by atoms with van der Waals surface area (Å²) in [5, 5.41) is 7.97. The fourth-order valence-corrected chi connectivity index (χ4v) is 3.18. The SMILES string of the molecule is CC1(C)C[C@H](OC(=O)c2cn(Cc3cccnc3)nn2)c2ccccc2O1. The molecule has 0 fully saturated rings. The molecule has 1 aliphatic rings. The number of fused-ring (bicyclic) bond motifs is 1. The van der Waals surface area contributed by atoms with Crippen molar-refractivity contribution in [3.8, 4) is 5.75 Å². The second-order valence-electron chi connectivity index (χ2n) is 7.16. The third-order valence-electron chi connectivity index (χ3n) is 4.39. The summed E-state index contributed by atoms with van der Waals surface area (Å²) in [5.41, 5.74) is 1.60. The van der Waals surface area contributed by atoms with E-state index in [0.29, 0.717) is 13.0 Å². The fourth-order valence-electron chi connectivity index (χ4n) is 3.18. The molecule has 0 bridgehead atoms. The maximum atomic E-state index is 12.6. The molecule has 1 aliphatic heterocycles. The van der Waals surface area contributed by atoms with Crippen molar-refractivity contribution in [2.75, 3.05) is 0 Å². The molecule has 3 aromatic rings. The lowest BCUT2D eigenvalue weighted by Gasteiger charge is -2.36. The van der Waals surface area contributed by atoms with Gasteiger partial charge in [0.1, 0.15) is 17.5 Å². The van der Waals surface area contributed by atoms with E-state index in [1.54, 1.807) is 23.3 Å². The predicted octanol–water partition coefficient (Wildman–Crippen LogP) is 3.18. The quantitative estimate of drug-likeness (QED) is 0.662. The normalized spacial score (nSPS) is 17.6. The lowest BCUT2D eigenvalue weighted by Crippen LogP contribution is -2.36. The average molecular weight is 364 g/mol. The summed E-state index contributed by atoms with van der Waals surface area (Å²) in [6, 6.07) is 11.4. The molecule has 0 radical (unpaired) electrons. The summed E-state index contributed by atoms with van der Waals surface area (Å²) < 4.78 is 13.3. The van der Waals surface area contributed by atoms with Gasteiger partial charge in [0.05, 0.1) is 12.7 Å². The first-order valence-corrected chi connectivity index (χ1v) is 8.78. The van der Waals surface area contributed by atoms with E-state index in [1.807, 2.05) is 50.2 Å². The molecular weight excluding hydrogens is 344 g/mol. The zero-order valence-electron chi connectivity index (χ0n) is 15.2. The van der Waals surface area contributed by atoms with Gasteiger partial charge < -0.3 is 9.47 Å². The number of carbonyl (C=O) groups is 1. The second kappa shape index (κ2) is 6.83. The van der Waals surface area contributed by atoms with E-state index in [-0.39, 0.29) is 11.8 Å². The Morgan fingerprint density at radius 3 is 2.96 bits per heavy atom. The van der Waals surface area contributed by atoms with E-state index in [4.69, 9.17) is 9.47 Å². The summed E-state index contributed by atoms with van der Waals surface area (Å²) in [4.78, 5) is 16.7. The van der Waals surface area contributed by atoms with E-state index in [0.717, 1.165) is 16.9 Å². The van der Waals surface area contributed by atoms with E-state index >= 15 is 0 Å². The van der Waals surface area contributed by atoms with Crippen LogP contribution in [0.2, 0.25) is 0 Å². The zero-order chi connectivity index (χ0) is 18.9. The van der Waals surface area contributed by atoms with Gasteiger partial charge in [0.2, 0.25) is 0 Å². The number of carbonyl (C=O) groups excluding carboxylic acids is 1. The number of nitrogens with zero attached hydrogens (tertiary/aromatic N) is 4. The lowest BCUT2D eigenvalue weighted by molar-refractivity contribution is -0.0165. The molecule has 0 unspecified atom stereocenters. The largest absolute Gasteiger partial charge is 0.487 e. The van der Waals surface area contributed by atoms with Crippen molar-refractivity contribution >= 4 is 5.97 Å². The maximum Gasteiger partial charge on any atom is 0.361 e. The molecule has 0 N–H and O–H groups in total. The minimum absolute atomic E-state index is 0.181. The van der Waals surface area contributed by atoms with Crippen molar-refractivity contribution in [2.24, 2.45) is 0 Å². The van der Waals surface area contributed by atoms with Crippen molar-refractivity contribution in [1.82, 2.24) is 20.0 Å². The van der Waals surface area contributed by atoms with Gasteiger partial charge in [-0.15, -0.1) is 5.10 Å². The molecule has 1 aromatic carbocycles. The number of rotatable bonds is 4. The highest BCUT2D eigenvalue weighted by Crippen LogP contribution is 2.41. The number of aromatic nitrogens is 4. The number of pyridine rings is 1. The average Bonchev–Trinajstić information content (AvgIpc) is 3.10. The number of benzene rings is 1. The Balaban J connectivity index is 1.50. The van der Waals surface area contributed by atoms with Gasteiger partial charge in [0, 0.05) is 24.4 Å². The van der Waals surface area contributed by atoms with Crippen LogP contribution in [-0.4, -0.2) is 31.5 Å². The third kappa shape index (κ3) is 3.81. The highest BCUT2D eigenvalue weighted by atomic mass is 16.6. The van der Waals surface area contributed by atoms with E-state index in [9.17, 15) is 4.79 Å². The topological polar surface area (TPSA) is 79.1 Å². The summed E-state index contributed by atoms with van der Waals surface area (Å²) in [5.74, 6) is 0.247. The van der Waals surface area contributed by atoms with Gasteiger partial charge in [-0.1, -0.05) is 29.5 Å². The van der Waals surface area contributed by atoms with Gasteiger partial charge >= 0.3 is 5.97 Å². The van der Waals surface area contributed by atoms with Crippen LogP contribution in [0.4, 0.5) is 0 Å². The smallest absolute Gasteiger partial charge is 0.361 e. The lowest BCUT2D eigenvalue weighted by atomic mass is 9.91. The molecule has 27 heavy (non-hydrogen) atoms. The molecule has 2 aromatic heterocycles. The van der Waals surface area contributed by atoms with Crippen molar-refractivity contribution in [3.63, 3.8) is 0 Å². The highest BCUT2D eigenvalue weighted by Gasteiger charge is 2.36. The highest BCUT2D eigenvalue weighted by molar-refractivity contribution is 5.87. The molecule has 7 nitrogen and oxygen atoms in total. The van der Waals surface area contributed by atoms with Crippen molar-refractivity contribution in [3.05, 3.63) is 71.8 Å². The van der Waals surface area contributed by atoms with E-state index in [1.165, 1.54) is 0 Å². The van der Waals surface area contributed by atoms with Gasteiger partial charge in [0.15, 0.2) is 5.69 Å². The Bertz CT molecular complexity index is 953. The van der Waals surface area contributed by atoms with Crippen LogP contribution in [0, 0.1) is 0 Å². The molecule has 0 saturated carbocycles. The molecule has 3 heterocycles. The molecule has 0 aliphatic carbocycles. The first kappa shape index (κ1) is 17.2. The Morgan fingerprint density at radius 2 is 2.15 bits per heavy atom. The van der Waals surface area contributed by atoms with Crippen LogP contribution in [0.3, 0.4) is 0 Å². The molecular formula is C20H20N4O3. The molecule has 7 heteroatoms. The van der Waals surface area contributed by atoms with Crippen molar-refractivity contribution < 1.29 is 14.3 Å². The standard InChI is InChI=1S/C20H20N4O3/c1-20(2)10-18(15-7-3-4-8-17(15)27-20)26-19(25)16-13-24(23-22-16)12-14-6-5-9-21-11-14/h3-9,11,13,18H,10,12H2,1-2H3/t18-/m0/s1. The molecule has 1 atom stereocenters. The molecule has 0 saturated heterocycles. The van der Waals surface area contributed by atoms with Gasteiger partial charge in [-0.05, 0) is 31.5 Å². The Kier molecular flexibility index (Phi) is 4.35. The van der Waals surface area contributed by atoms with Crippen LogP contribution in [-0.2, 0) is 11.3 Å². The van der Waals surface area contributed by atoms with Crippen molar-refractivity contribution in [1.29, 1.82) is 0 Å². The number of hydrogen-bond acceptors (Lipinski definition) is 6. The first-order valence-electron chi connectivity index (χ1n) is 8.78. The maximum absolute atomic E-state index is 12.6. The minimum Gasteiger partial charge on any atom is -0.487 e. The van der Waals surface area contributed by atoms with Crippen LogP contribution in [0.5, 0.6) is 5.75 Å². The van der Waals surface area contributed by atoms with Gasteiger partial charge in [-0.3, -0.25) is 4.98 Å². The minimum atomic E-state index is -0.495. The summed E-state index contributed by atoms with van der Waals surface area (Å²) in [6.45, 7) is 4.45. The number of ether oxygens (including phenoxy) is 2. The second-order valence-corrected chi connectivity index (χ2v) is 7.16. The van der Waals surface area contributed by atoms with E-state index in [2.05, 4.69) is 15.3 Å². The molecule has 0 spiro atoms. The van der Waals surface area contributed by atoms with Crippen LogP contribution < -0.4 is 4.74 Å². The van der Waals surface area contributed by atoms with Crippen LogP contribution in [0.25, 0.3) is 0 Å². The van der Waals surface area contributed by atoms with Crippen molar-refractivity contribution in [2.45, 2.75) is 38.5 Å². The predicted molar refractivity (Wildman–Crippen MR) is 97.3 cm³/mol. The number of esters is 1. The first-order chi connectivity index (χ1) is 13.0. The van der Waals surface area contributed by atoms with E-state index < -0.39 is 11.6 Å². The third-order valence-corrected chi connectivity index (χ3v) is 4.39. The Labute approximate surface area is 156 Å². The van der Waals surface area contributed by atoms with Gasteiger partial charge in [-0.25, -0.2) is 9.48 Å².